The first-order valence-corrected chi connectivity index (χ1v) is 9.22. The fraction of sp³-hybridized carbons (Fsp3) is 0.238. The maximum Gasteiger partial charge on any atom is 0.123 e. The largest absolute Gasteiger partial charge is 0.396 e. The van der Waals surface area contributed by atoms with Gasteiger partial charge in [0.2, 0.25) is 0 Å². The van der Waals surface area contributed by atoms with E-state index >= 15 is 0 Å². The molecule has 0 fully saturated rings. The first kappa shape index (κ1) is 19.3. The third kappa shape index (κ3) is 5.49. The van der Waals surface area contributed by atoms with Gasteiger partial charge in [0.05, 0.1) is 10.7 Å². The molecule has 0 spiro atoms. The third-order valence-corrected chi connectivity index (χ3v) is 4.49. The van der Waals surface area contributed by atoms with E-state index in [0.29, 0.717) is 11.6 Å². The number of anilines is 1. The number of aromatic nitrogens is 2. The molecule has 0 atom stereocenters. The van der Waals surface area contributed by atoms with E-state index < -0.39 is 0 Å². The van der Waals surface area contributed by atoms with Crippen molar-refractivity contribution in [3.8, 4) is 11.1 Å². The Hall–Kier alpha value is -2.50. The lowest BCUT2D eigenvalue weighted by Gasteiger charge is -2.10. The molecule has 2 aromatic heterocycles. The van der Waals surface area contributed by atoms with Gasteiger partial charge in [0, 0.05) is 48.6 Å². The topological polar surface area (TPSA) is 58.0 Å². The van der Waals surface area contributed by atoms with E-state index in [0.717, 1.165) is 47.3 Å². The van der Waals surface area contributed by atoms with Crippen LogP contribution in [0.15, 0.2) is 55.0 Å². The summed E-state index contributed by atoms with van der Waals surface area (Å²) in [5.41, 5.74) is 4.36. The molecule has 0 aliphatic carbocycles. The minimum Gasteiger partial charge on any atom is -0.396 e. The molecule has 2 N–H and O–H groups in total. The molecular weight excluding hydrogens is 365 g/mol. The van der Waals surface area contributed by atoms with E-state index in [1.165, 1.54) is 12.1 Å². The van der Waals surface area contributed by atoms with Crippen LogP contribution in [0.5, 0.6) is 0 Å². The van der Waals surface area contributed by atoms with Gasteiger partial charge in [-0.2, -0.15) is 0 Å². The van der Waals surface area contributed by atoms with Crippen molar-refractivity contribution in [2.45, 2.75) is 25.8 Å². The standard InChI is InChI=1S/C21H21ClFN3O/c22-21-14-26-18(6-1-2-7-27)10-20(21)16-9-19(13-24-12-16)25-11-15-4-3-5-17(23)8-15/h3-5,8-10,12-14,25,27H,1-2,6-7,11H2. The van der Waals surface area contributed by atoms with Gasteiger partial charge < -0.3 is 10.4 Å². The number of nitrogens with one attached hydrogen (secondary N) is 1. The number of aliphatic hydroxyl groups excluding tert-OH is 1. The summed E-state index contributed by atoms with van der Waals surface area (Å²) in [6, 6.07) is 10.4. The van der Waals surface area contributed by atoms with Gasteiger partial charge in [0.1, 0.15) is 5.82 Å². The summed E-state index contributed by atoms with van der Waals surface area (Å²) in [6.07, 6.45) is 7.54. The maximum absolute atomic E-state index is 13.3. The van der Waals surface area contributed by atoms with Gasteiger partial charge in [0.15, 0.2) is 0 Å². The minimum atomic E-state index is -0.251. The van der Waals surface area contributed by atoms with Gasteiger partial charge in [-0.15, -0.1) is 0 Å². The van der Waals surface area contributed by atoms with Crippen molar-refractivity contribution in [1.82, 2.24) is 9.97 Å². The monoisotopic (exact) mass is 385 g/mol. The Balaban J connectivity index is 1.75. The summed E-state index contributed by atoms with van der Waals surface area (Å²) < 4.78 is 13.3. The number of nitrogens with zero attached hydrogens (tertiary/aromatic N) is 2. The lowest BCUT2D eigenvalue weighted by atomic mass is 10.1. The molecule has 0 bridgehead atoms. The first-order chi connectivity index (χ1) is 13.2. The number of benzene rings is 1. The van der Waals surface area contributed by atoms with Crippen LogP contribution >= 0.6 is 11.6 Å². The maximum atomic E-state index is 13.3. The normalized spacial score (nSPS) is 10.8. The van der Waals surface area contributed by atoms with Crippen LogP contribution in [0.3, 0.4) is 0 Å². The summed E-state index contributed by atoms with van der Waals surface area (Å²) in [5, 5.41) is 12.7. The summed E-state index contributed by atoms with van der Waals surface area (Å²) >= 11 is 6.34. The predicted molar refractivity (Wildman–Crippen MR) is 106 cm³/mol. The van der Waals surface area contributed by atoms with Gasteiger partial charge in [-0.1, -0.05) is 23.7 Å². The molecule has 0 saturated heterocycles. The Morgan fingerprint density at radius 1 is 1.07 bits per heavy atom. The van der Waals surface area contributed by atoms with Crippen LogP contribution in [0.1, 0.15) is 24.1 Å². The van der Waals surface area contributed by atoms with Crippen LogP contribution < -0.4 is 5.32 Å². The van der Waals surface area contributed by atoms with Gasteiger partial charge in [-0.3, -0.25) is 9.97 Å². The van der Waals surface area contributed by atoms with Crippen molar-refractivity contribution < 1.29 is 9.50 Å². The summed E-state index contributed by atoms with van der Waals surface area (Å²) in [5.74, 6) is -0.251. The molecule has 0 aliphatic rings. The fourth-order valence-corrected chi connectivity index (χ4v) is 3.01. The number of hydrogen-bond donors (Lipinski definition) is 2. The van der Waals surface area contributed by atoms with Crippen molar-refractivity contribution in [2.24, 2.45) is 0 Å². The molecule has 1 aromatic carbocycles. The number of pyridine rings is 2. The van der Waals surface area contributed by atoms with Crippen LogP contribution in [0.4, 0.5) is 10.1 Å². The number of rotatable bonds is 8. The molecule has 4 nitrogen and oxygen atoms in total. The molecule has 27 heavy (non-hydrogen) atoms. The van der Waals surface area contributed by atoms with Gasteiger partial charge in [0.25, 0.3) is 0 Å². The average Bonchev–Trinajstić information content (AvgIpc) is 2.68. The molecular formula is C21H21ClFN3O. The zero-order valence-electron chi connectivity index (χ0n) is 14.8. The molecule has 0 saturated carbocycles. The van der Waals surface area contributed by atoms with E-state index in [2.05, 4.69) is 15.3 Å². The second kappa shape index (κ2) is 9.44. The summed E-state index contributed by atoms with van der Waals surface area (Å²) in [4.78, 5) is 8.65. The Morgan fingerprint density at radius 2 is 1.96 bits per heavy atom. The molecule has 0 unspecified atom stereocenters. The van der Waals surface area contributed by atoms with E-state index in [1.54, 1.807) is 24.7 Å². The number of halogens is 2. The zero-order valence-corrected chi connectivity index (χ0v) is 15.6. The third-order valence-electron chi connectivity index (χ3n) is 4.19. The second-order valence-corrected chi connectivity index (χ2v) is 6.69. The van der Waals surface area contributed by atoms with Gasteiger partial charge in [-0.25, -0.2) is 4.39 Å². The van der Waals surface area contributed by atoms with Crippen molar-refractivity contribution >= 4 is 17.3 Å². The molecule has 6 heteroatoms. The van der Waals surface area contributed by atoms with Crippen LogP contribution in [0.2, 0.25) is 5.02 Å². The number of aryl methyl sites for hydroxylation is 1. The van der Waals surface area contributed by atoms with E-state index in [9.17, 15) is 4.39 Å². The summed E-state index contributed by atoms with van der Waals surface area (Å²) in [7, 11) is 0. The first-order valence-electron chi connectivity index (χ1n) is 8.85. The SMILES string of the molecule is OCCCCc1cc(-c2cncc(NCc3cccc(F)c3)c2)c(Cl)cn1. The van der Waals surface area contributed by atoms with Gasteiger partial charge in [-0.05, 0) is 49.1 Å². The van der Waals surface area contributed by atoms with Crippen LogP contribution in [-0.2, 0) is 13.0 Å². The quantitative estimate of drug-likeness (QED) is 0.543. The van der Waals surface area contributed by atoms with Crippen molar-refractivity contribution in [3.05, 3.63) is 77.1 Å². The lowest BCUT2D eigenvalue weighted by molar-refractivity contribution is 0.284. The van der Waals surface area contributed by atoms with Crippen LogP contribution in [0.25, 0.3) is 11.1 Å². The van der Waals surface area contributed by atoms with E-state index in [1.807, 2.05) is 18.2 Å². The van der Waals surface area contributed by atoms with Crippen LogP contribution in [-0.4, -0.2) is 21.7 Å². The molecule has 140 valence electrons. The Bertz CT molecular complexity index is 904. The van der Waals surface area contributed by atoms with Crippen LogP contribution in [0, 0.1) is 5.82 Å². The molecule has 0 amide bonds. The Morgan fingerprint density at radius 3 is 2.78 bits per heavy atom. The summed E-state index contributed by atoms with van der Waals surface area (Å²) in [6.45, 7) is 0.683. The Kier molecular flexibility index (Phi) is 6.74. The predicted octanol–water partition coefficient (Wildman–Crippen LogP) is 4.86. The highest BCUT2D eigenvalue weighted by Crippen LogP contribution is 2.29. The van der Waals surface area contributed by atoms with Crippen molar-refractivity contribution in [1.29, 1.82) is 0 Å². The van der Waals surface area contributed by atoms with Crippen molar-refractivity contribution in [2.75, 3.05) is 11.9 Å². The molecule has 3 aromatic rings. The second-order valence-electron chi connectivity index (χ2n) is 6.28. The molecule has 0 radical (unpaired) electrons. The van der Waals surface area contributed by atoms with E-state index in [4.69, 9.17) is 16.7 Å². The number of unbranched alkanes of at least 4 members (excludes halogenated alkanes) is 1. The number of aliphatic hydroxyl groups is 1. The Labute approximate surface area is 163 Å². The fourth-order valence-electron chi connectivity index (χ4n) is 2.79. The average molecular weight is 386 g/mol. The van der Waals surface area contributed by atoms with Crippen molar-refractivity contribution in [3.63, 3.8) is 0 Å². The lowest BCUT2D eigenvalue weighted by Crippen LogP contribution is -2.00. The zero-order chi connectivity index (χ0) is 19.1. The highest BCUT2D eigenvalue weighted by Gasteiger charge is 2.08. The molecule has 0 aliphatic heterocycles. The number of hydrogen-bond acceptors (Lipinski definition) is 4. The van der Waals surface area contributed by atoms with E-state index in [-0.39, 0.29) is 12.4 Å². The smallest absolute Gasteiger partial charge is 0.123 e. The minimum absolute atomic E-state index is 0.184. The highest BCUT2D eigenvalue weighted by molar-refractivity contribution is 6.33. The molecule has 2 heterocycles. The highest BCUT2D eigenvalue weighted by atomic mass is 35.5. The molecule has 3 rings (SSSR count). The van der Waals surface area contributed by atoms with Gasteiger partial charge >= 0.3 is 0 Å².